The van der Waals surface area contributed by atoms with Crippen molar-refractivity contribution in [2.45, 2.75) is 6.42 Å². The van der Waals surface area contributed by atoms with Crippen molar-refractivity contribution in [2.75, 3.05) is 26.3 Å². The number of carbonyl (C=O) groups excluding carboxylic acids is 3. The number of hydrogen-bond acceptors (Lipinski definition) is 5. The quantitative estimate of drug-likeness (QED) is 0.753. The third-order valence-electron chi connectivity index (χ3n) is 4.07. The zero-order valence-electron chi connectivity index (χ0n) is 14.7. The molecule has 0 radical (unpaired) electrons. The van der Waals surface area contributed by atoms with Crippen LogP contribution >= 0.6 is 0 Å². The Kier molecular flexibility index (Phi) is 6.04. The van der Waals surface area contributed by atoms with Crippen molar-refractivity contribution in [3.05, 3.63) is 65.7 Å². The number of para-hydroxylation sites is 1. The average molecular weight is 368 g/mol. The Hall–Kier alpha value is -3.35. The van der Waals surface area contributed by atoms with Crippen LogP contribution in [-0.4, -0.2) is 49.1 Å². The highest BCUT2D eigenvalue weighted by Crippen LogP contribution is 2.21. The number of ether oxygens (including phenoxy) is 2. The fraction of sp³-hybridized carbons (Fsp3) is 0.250. The lowest BCUT2D eigenvalue weighted by Crippen LogP contribution is -2.37. The predicted octanol–water partition coefficient (Wildman–Crippen LogP) is 1.75. The summed E-state index contributed by atoms with van der Waals surface area (Å²) in [6.07, 6.45) is 0.675. The minimum Gasteiger partial charge on any atom is -0.482 e. The molecule has 2 aromatic rings. The van der Waals surface area contributed by atoms with Gasteiger partial charge in [0.1, 0.15) is 5.75 Å². The number of imide groups is 1. The summed E-state index contributed by atoms with van der Waals surface area (Å²) in [6, 6.07) is 16.9. The molecule has 0 unspecified atom stereocenters. The summed E-state index contributed by atoms with van der Waals surface area (Å²) < 4.78 is 10.5. The zero-order chi connectivity index (χ0) is 19.1. The number of carbonyl (C=O) groups is 3. The molecule has 3 rings (SSSR count). The average Bonchev–Trinajstić information content (AvgIpc) is 3.12. The van der Waals surface area contributed by atoms with Crippen molar-refractivity contribution >= 4 is 17.9 Å². The van der Waals surface area contributed by atoms with Crippen molar-refractivity contribution in [3.63, 3.8) is 0 Å². The second-order valence-electron chi connectivity index (χ2n) is 6.00. The van der Waals surface area contributed by atoms with Gasteiger partial charge in [0.15, 0.2) is 13.2 Å². The van der Waals surface area contributed by atoms with Gasteiger partial charge in [0.05, 0.1) is 0 Å². The summed E-state index contributed by atoms with van der Waals surface area (Å²) in [5.41, 5.74) is 2.08. The Balaban J connectivity index is 1.50. The molecule has 0 spiro atoms. The number of nitrogens with one attached hydrogen (secondary N) is 1. The third-order valence-corrected chi connectivity index (χ3v) is 4.07. The Morgan fingerprint density at radius 2 is 1.74 bits per heavy atom. The van der Waals surface area contributed by atoms with Gasteiger partial charge in [-0.2, -0.15) is 0 Å². The highest BCUT2D eigenvalue weighted by Gasteiger charge is 2.26. The van der Waals surface area contributed by atoms with E-state index in [1.807, 2.05) is 48.5 Å². The van der Waals surface area contributed by atoms with Crippen molar-refractivity contribution in [1.29, 1.82) is 0 Å². The molecule has 1 aliphatic rings. The SMILES string of the molecule is O=C(COc1ccccc1Cc1ccccc1)OCC(=O)N1CCNC1=O. The van der Waals surface area contributed by atoms with Crippen molar-refractivity contribution < 1.29 is 23.9 Å². The lowest BCUT2D eigenvalue weighted by Gasteiger charge is -2.13. The lowest BCUT2D eigenvalue weighted by molar-refractivity contribution is -0.152. The van der Waals surface area contributed by atoms with Crippen LogP contribution in [0.2, 0.25) is 0 Å². The summed E-state index contributed by atoms with van der Waals surface area (Å²) in [7, 11) is 0. The van der Waals surface area contributed by atoms with E-state index in [0.717, 1.165) is 16.0 Å². The summed E-state index contributed by atoms with van der Waals surface area (Å²) in [6.45, 7) is -0.120. The van der Waals surface area contributed by atoms with Crippen molar-refractivity contribution in [2.24, 2.45) is 0 Å². The molecule has 0 bridgehead atoms. The van der Waals surface area contributed by atoms with E-state index in [2.05, 4.69) is 5.32 Å². The Morgan fingerprint density at radius 1 is 1.00 bits per heavy atom. The van der Waals surface area contributed by atoms with Crippen molar-refractivity contribution in [1.82, 2.24) is 10.2 Å². The number of amides is 3. The largest absolute Gasteiger partial charge is 0.482 e. The predicted molar refractivity (Wildman–Crippen MR) is 97.3 cm³/mol. The van der Waals surface area contributed by atoms with Crippen LogP contribution in [-0.2, 0) is 20.7 Å². The number of hydrogen-bond donors (Lipinski definition) is 1. The van der Waals surface area contributed by atoms with Gasteiger partial charge in [-0.25, -0.2) is 9.59 Å². The molecule has 1 N–H and O–H groups in total. The molecule has 3 amide bonds. The molecule has 0 aliphatic carbocycles. The number of benzene rings is 2. The molecule has 1 aliphatic heterocycles. The van der Waals surface area contributed by atoms with E-state index in [-0.39, 0.29) is 13.2 Å². The van der Waals surface area contributed by atoms with Crippen LogP contribution in [0.1, 0.15) is 11.1 Å². The van der Waals surface area contributed by atoms with Gasteiger partial charge in [-0.05, 0) is 17.2 Å². The number of urea groups is 1. The minimum atomic E-state index is -0.669. The molecule has 140 valence electrons. The molecule has 27 heavy (non-hydrogen) atoms. The molecule has 7 nitrogen and oxygen atoms in total. The van der Waals surface area contributed by atoms with Gasteiger partial charge in [-0.15, -0.1) is 0 Å². The van der Waals surface area contributed by atoms with Crippen LogP contribution in [0, 0.1) is 0 Å². The van der Waals surface area contributed by atoms with Gasteiger partial charge in [0, 0.05) is 19.5 Å². The van der Waals surface area contributed by atoms with E-state index in [4.69, 9.17) is 9.47 Å². The topological polar surface area (TPSA) is 84.9 Å². The van der Waals surface area contributed by atoms with Gasteiger partial charge in [-0.1, -0.05) is 48.5 Å². The number of esters is 1. The van der Waals surface area contributed by atoms with Crippen LogP contribution in [0.15, 0.2) is 54.6 Å². The maximum absolute atomic E-state index is 11.9. The van der Waals surface area contributed by atoms with E-state index in [9.17, 15) is 14.4 Å². The molecule has 1 heterocycles. The third kappa shape index (κ3) is 5.07. The first-order valence-corrected chi connectivity index (χ1v) is 8.62. The van der Waals surface area contributed by atoms with Crippen molar-refractivity contribution in [3.8, 4) is 5.75 Å². The maximum atomic E-state index is 11.9. The molecule has 1 saturated heterocycles. The van der Waals surface area contributed by atoms with Crippen LogP contribution in [0.4, 0.5) is 4.79 Å². The van der Waals surface area contributed by atoms with Crippen LogP contribution in [0.3, 0.4) is 0 Å². The monoisotopic (exact) mass is 368 g/mol. The van der Waals surface area contributed by atoms with Crippen LogP contribution in [0.25, 0.3) is 0 Å². The Bertz CT molecular complexity index is 822. The van der Waals surface area contributed by atoms with E-state index >= 15 is 0 Å². The first-order chi connectivity index (χ1) is 13.1. The highest BCUT2D eigenvalue weighted by atomic mass is 16.6. The molecule has 7 heteroatoms. The fourth-order valence-electron chi connectivity index (χ4n) is 2.71. The second-order valence-corrected chi connectivity index (χ2v) is 6.00. The molecular weight excluding hydrogens is 348 g/mol. The van der Waals surface area contributed by atoms with Crippen LogP contribution in [0.5, 0.6) is 5.75 Å². The molecule has 0 aromatic heterocycles. The van der Waals surface area contributed by atoms with Gasteiger partial charge in [-0.3, -0.25) is 9.69 Å². The fourth-order valence-corrected chi connectivity index (χ4v) is 2.71. The van der Waals surface area contributed by atoms with E-state index in [1.165, 1.54) is 0 Å². The van der Waals surface area contributed by atoms with Gasteiger partial charge >= 0.3 is 12.0 Å². The Morgan fingerprint density at radius 3 is 2.48 bits per heavy atom. The molecule has 0 saturated carbocycles. The zero-order valence-corrected chi connectivity index (χ0v) is 14.7. The first-order valence-electron chi connectivity index (χ1n) is 8.62. The summed E-state index contributed by atoms with van der Waals surface area (Å²) in [5.74, 6) is -0.635. The lowest BCUT2D eigenvalue weighted by atomic mass is 10.0. The number of rotatable bonds is 7. The maximum Gasteiger partial charge on any atom is 0.344 e. The number of nitrogens with zero attached hydrogens (tertiary/aromatic N) is 1. The highest BCUT2D eigenvalue weighted by molar-refractivity contribution is 5.96. The van der Waals surface area contributed by atoms with Gasteiger partial charge < -0.3 is 14.8 Å². The first kappa shape index (κ1) is 18.4. The summed E-state index contributed by atoms with van der Waals surface area (Å²) in [4.78, 5) is 36.1. The normalized spacial score (nSPS) is 13.2. The molecular formula is C20H20N2O5. The Labute approximate surface area is 156 Å². The van der Waals surface area contributed by atoms with Crippen LogP contribution < -0.4 is 10.1 Å². The second kappa shape index (κ2) is 8.84. The summed E-state index contributed by atoms with van der Waals surface area (Å²) in [5, 5.41) is 2.51. The molecule has 0 atom stereocenters. The van der Waals surface area contributed by atoms with E-state index in [0.29, 0.717) is 18.7 Å². The summed E-state index contributed by atoms with van der Waals surface area (Å²) >= 11 is 0. The van der Waals surface area contributed by atoms with Gasteiger partial charge in [0.25, 0.3) is 5.91 Å². The molecule has 2 aromatic carbocycles. The van der Waals surface area contributed by atoms with E-state index in [1.54, 1.807) is 6.07 Å². The molecule has 1 fully saturated rings. The minimum absolute atomic E-state index is 0.276. The standard InChI is InChI=1S/C20H20N2O5/c23-18(22-11-10-21-20(22)25)13-27-19(24)14-26-17-9-5-4-8-16(17)12-15-6-2-1-3-7-15/h1-9H,10-14H2,(H,21,25). The van der Waals surface area contributed by atoms with Gasteiger partial charge in [0.2, 0.25) is 0 Å². The smallest absolute Gasteiger partial charge is 0.344 e. The van der Waals surface area contributed by atoms with E-state index < -0.39 is 24.5 Å².